The van der Waals surface area contributed by atoms with E-state index in [4.69, 9.17) is 4.98 Å². The zero-order chi connectivity index (χ0) is 22.1. The van der Waals surface area contributed by atoms with Crippen molar-refractivity contribution in [3.05, 3.63) is 53.0 Å². The van der Waals surface area contributed by atoms with E-state index in [2.05, 4.69) is 23.3 Å². The minimum atomic E-state index is -0.0588. The molecule has 0 atom stereocenters. The summed E-state index contributed by atoms with van der Waals surface area (Å²) in [7, 11) is 0. The molecule has 1 amide bonds. The zero-order valence-electron chi connectivity index (χ0n) is 17.6. The number of nitrogens with one attached hydrogen (secondary N) is 1. The highest BCUT2D eigenvalue weighted by Crippen LogP contribution is 2.35. The molecular formula is C23H24N4OS3. The van der Waals surface area contributed by atoms with Gasteiger partial charge in [0.15, 0.2) is 0 Å². The van der Waals surface area contributed by atoms with Crippen molar-refractivity contribution in [2.45, 2.75) is 38.3 Å². The van der Waals surface area contributed by atoms with E-state index in [0.29, 0.717) is 12.1 Å². The number of pyridine rings is 1. The lowest BCUT2D eigenvalue weighted by Crippen LogP contribution is -2.18. The molecule has 0 saturated heterocycles. The maximum Gasteiger partial charge on any atom is 0.217 e. The van der Waals surface area contributed by atoms with Crippen LogP contribution in [0.5, 0.6) is 0 Å². The van der Waals surface area contributed by atoms with Gasteiger partial charge in [0.25, 0.3) is 0 Å². The van der Waals surface area contributed by atoms with Gasteiger partial charge in [0.05, 0.1) is 5.56 Å². The molecule has 3 aromatic rings. The first-order valence-electron chi connectivity index (χ1n) is 10.0. The number of hydrogen-bond donors (Lipinski definition) is 1. The van der Waals surface area contributed by atoms with E-state index < -0.39 is 0 Å². The number of nitriles is 1. The van der Waals surface area contributed by atoms with E-state index in [-0.39, 0.29) is 5.91 Å². The summed E-state index contributed by atoms with van der Waals surface area (Å²) in [6.45, 7) is 4.18. The average Bonchev–Trinajstić information content (AvgIpc) is 3.32. The molecule has 0 saturated carbocycles. The number of unbranched alkanes of at least 4 members (excludes halogenated alkanes) is 1. The summed E-state index contributed by atoms with van der Waals surface area (Å²) in [4.78, 5) is 20.4. The molecule has 0 fully saturated rings. The third kappa shape index (κ3) is 6.57. The summed E-state index contributed by atoms with van der Waals surface area (Å²) < 4.78 is 0. The van der Waals surface area contributed by atoms with Crippen LogP contribution >= 0.6 is 34.9 Å². The number of rotatable bonds is 10. The van der Waals surface area contributed by atoms with Crippen molar-refractivity contribution in [1.82, 2.24) is 15.3 Å². The molecule has 0 aliphatic heterocycles. The Morgan fingerprint density at radius 1 is 1.29 bits per heavy atom. The van der Waals surface area contributed by atoms with Crippen LogP contribution in [0.4, 0.5) is 0 Å². The number of nitrogens with zero attached hydrogens (tertiary/aromatic N) is 3. The summed E-state index contributed by atoms with van der Waals surface area (Å²) in [5.74, 6) is 1.05. The van der Waals surface area contributed by atoms with Crippen LogP contribution in [0, 0.1) is 11.3 Å². The smallest absolute Gasteiger partial charge is 0.217 e. The Kier molecular flexibility index (Phi) is 8.95. The number of thioether (sulfide) groups is 2. The van der Waals surface area contributed by atoms with Crippen LogP contribution in [0.3, 0.4) is 0 Å². The van der Waals surface area contributed by atoms with E-state index in [1.54, 1.807) is 18.0 Å². The lowest BCUT2D eigenvalue weighted by Gasteiger charge is -2.12. The Balaban J connectivity index is 1.94. The Hall–Kier alpha value is -2.34. The summed E-state index contributed by atoms with van der Waals surface area (Å²) in [6, 6.07) is 12.3. The first-order chi connectivity index (χ1) is 15.1. The molecule has 2 aromatic heterocycles. The van der Waals surface area contributed by atoms with Crippen molar-refractivity contribution in [2.24, 2.45) is 0 Å². The normalized spacial score (nSPS) is 10.6. The molecule has 31 heavy (non-hydrogen) atoms. The number of carbonyl (C=O) groups excluding carboxylic acids is 1. The summed E-state index contributed by atoms with van der Waals surface area (Å²) in [5, 5.41) is 17.1. The van der Waals surface area contributed by atoms with Gasteiger partial charge in [-0.1, -0.05) is 49.4 Å². The number of hydrogen-bond acceptors (Lipinski definition) is 7. The standard InChI is InChI=1S/C23H24N4OS3/c1-3-4-10-29-15-31-22-20(13-24)19(12-21(27-22)23-25-9-11-30-23)18-7-5-17(6-8-18)14-26-16(2)28/h5-9,11-12H,3-4,10,14-15H2,1-2H3,(H,26,28). The van der Waals surface area contributed by atoms with Crippen molar-refractivity contribution in [1.29, 1.82) is 5.26 Å². The van der Waals surface area contributed by atoms with E-state index in [9.17, 15) is 10.1 Å². The van der Waals surface area contributed by atoms with Gasteiger partial charge in [0.1, 0.15) is 21.8 Å². The topological polar surface area (TPSA) is 78.7 Å². The number of thiazole rings is 1. The highest BCUT2D eigenvalue weighted by Gasteiger charge is 2.17. The molecule has 0 aliphatic carbocycles. The van der Waals surface area contributed by atoms with Crippen molar-refractivity contribution in [3.63, 3.8) is 0 Å². The predicted molar refractivity (Wildman–Crippen MR) is 131 cm³/mol. The maximum absolute atomic E-state index is 11.2. The molecule has 0 radical (unpaired) electrons. The van der Waals surface area contributed by atoms with Crippen LogP contribution in [-0.2, 0) is 11.3 Å². The second-order valence-electron chi connectivity index (χ2n) is 6.81. The maximum atomic E-state index is 11.2. The summed E-state index contributed by atoms with van der Waals surface area (Å²) >= 11 is 5.03. The van der Waals surface area contributed by atoms with Crippen molar-refractivity contribution >= 4 is 40.8 Å². The molecular weight excluding hydrogens is 444 g/mol. The number of aromatic nitrogens is 2. The lowest BCUT2D eigenvalue weighted by molar-refractivity contribution is -0.119. The average molecular weight is 469 g/mol. The second-order valence-corrected chi connectivity index (χ2v) is 10.1. The van der Waals surface area contributed by atoms with E-state index in [0.717, 1.165) is 43.3 Å². The van der Waals surface area contributed by atoms with Gasteiger partial charge in [-0.25, -0.2) is 9.97 Å². The van der Waals surface area contributed by atoms with Crippen LogP contribution in [0.25, 0.3) is 21.8 Å². The number of benzene rings is 1. The van der Waals surface area contributed by atoms with Crippen molar-refractivity contribution in [3.8, 4) is 27.9 Å². The molecule has 8 heteroatoms. The van der Waals surface area contributed by atoms with E-state index >= 15 is 0 Å². The van der Waals surface area contributed by atoms with Crippen LogP contribution in [0.1, 0.15) is 37.8 Å². The van der Waals surface area contributed by atoms with Crippen LogP contribution in [-0.4, -0.2) is 26.7 Å². The fourth-order valence-corrected chi connectivity index (χ4v) is 5.66. The highest BCUT2D eigenvalue weighted by molar-refractivity contribution is 8.16. The SMILES string of the molecule is CCCCSCSc1nc(-c2nccs2)cc(-c2ccc(CNC(C)=O)cc2)c1C#N. The van der Waals surface area contributed by atoms with Gasteiger partial charge in [-0.15, -0.1) is 11.3 Å². The Labute approximate surface area is 195 Å². The van der Waals surface area contributed by atoms with Crippen LogP contribution < -0.4 is 5.32 Å². The molecule has 3 rings (SSSR count). The Bertz CT molecular complexity index is 1040. The minimum absolute atomic E-state index is 0.0588. The fourth-order valence-electron chi connectivity index (χ4n) is 2.85. The lowest BCUT2D eigenvalue weighted by atomic mass is 10.00. The quantitative estimate of drug-likeness (QED) is 0.225. The number of carbonyl (C=O) groups is 1. The van der Waals surface area contributed by atoms with Gasteiger partial charge in [-0.05, 0) is 29.4 Å². The summed E-state index contributed by atoms with van der Waals surface area (Å²) in [6.07, 6.45) is 4.14. The number of amides is 1. The largest absolute Gasteiger partial charge is 0.352 e. The van der Waals surface area contributed by atoms with Gasteiger partial charge < -0.3 is 5.32 Å². The van der Waals surface area contributed by atoms with Crippen LogP contribution in [0.15, 0.2) is 46.9 Å². The first kappa shape index (κ1) is 23.3. The van der Waals surface area contributed by atoms with Gasteiger partial charge in [0.2, 0.25) is 5.91 Å². The molecule has 0 unspecified atom stereocenters. The highest BCUT2D eigenvalue weighted by atomic mass is 32.2. The third-order valence-corrected chi connectivity index (χ3v) is 7.56. The molecule has 5 nitrogen and oxygen atoms in total. The fraction of sp³-hybridized carbons (Fsp3) is 0.304. The molecule has 0 bridgehead atoms. The van der Waals surface area contributed by atoms with Gasteiger partial charge in [0, 0.05) is 35.7 Å². The van der Waals surface area contributed by atoms with Gasteiger partial charge in [-0.3, -0.25) is 4.79 Å². The Morgan fingerprint density at radius 3 is 2.74 bits per heavy atom. The second kappa shape index (κ2) is 11.9. The molecule has 1 aromatic carbocycles. The van der Waals surface area contributed by atoms with Crippen molar-refractivity contribution < 1.29 is 4.79 Å². The van der Waals surface area contributed by atoms with E-state index in [1.165, 1.54) is 31.1 Å². The van der Waals surface area contributed by atoms with E-state index in [1.807, 2.05) is 47.5 Å². The van der Waals surface area contributed by atoms with Crippen LogP contribution in [0.2, 0.25) is 0 Å². The molecule has 0 aliphatic rings. The first-order valence-corrected chi connectivity index (χ1v) is 13.0. The predicted octanol–water partition coefficient (Wildman–Crippen LogP) is 5.96. The molecule has 2 heterocycles. The summed E-state index contributed by atoms with van der Waals surface area (Å²) in [5.41, 5.74) is 4.19. The minimum Gasteiger partial charge on any atom is -0.352 e. The van der Waals surface area contributed by atoms with Crippen molar-refractivity contribution in [2.75, 3.05) is 10.8 Å². The molecule has 1 N–H and O–H groups in total. The van der Waals surface area contributed by atoms with Gasteiger partial charge in [-0.2, -0.15) is 17.0 Å². The zero-order valence-corrected chi connectivity index (χ0v) is 20.0. The molecule has 0 spiro atoms. The third-order valence-electron chi connectivity index (χ3n) is 4.48. The Morgan fingerprint density at radius 2 is 2.10 bits per heavy atom. The monoisotopic (exact) mass is 468 g/mol. The van der Waals surface area contributed by atoms with Gasteiger partial charge >= 0.3 is 0 Å². The molecule has 160 valence electrons.